The highest BCUT2D eigenvalue weighted by molar-refractivity contribution is 5.93. The van der Waals surface area contributed by atoms with Crippen LogP contribution >= 0.6 is 0 Å². The third-order valence-electron chi connectivity index (χ3n) is 6.82. The van der Waals surface area contributed by atoms with Crippen molar-refractivity contribution in [2.45, 2.75) is 12.8 Å². The molecule has 50 heavy (non-hydrogen) atoms. The number of carbonyl (C=O) groups excluding carboxylic acids is 4. The summed E-state index contributed by atoms with van der Waals surface area (Å²) in [6, 6.07) is 22.4. The number of nitrogens with zero attached hydrogens (tertiary/aromatic N) is 2. The Balaban J connectivity index is 1.21. The van der Waals surface area contributed by atoms with Crippen molar-refractivity contribution in [2.24, 2.45) is 10.2 Å². The first-order chi connectivity index (χ1) is 24.2. The van der Waals surface area contributed by atoms with Gasteiger partial charge in [-0.1, -0.05) is 0 Å². The fourth-order valence-corrected chi connectivity index (χ4v) is 4.17. The topological polar surface area (TPSA) is 172 Å². The van der Waals surface area contributed by atoms with Crippen LogP contribution in [0.4, 0.5) is 0 Å². The Labute approximate surface area is 287 Å². The molecule has 14 nitrogen and oxygen atoms in total. The average molecular weight is 683 g/mol. The first kappa shape index (κ1) is 36.1. The van der Waals surface area contributed by atoms with Gasteiger partial charge in [-0.2, -0.15) is 10.2 Å². The van der Waals surface area contributed by atoms with Gasteiger partial charge < -0.3 is 28.4 Å². The fraction of sp³-hybridized carbons (Fsp3) is 0.167. The smallest absolute Gasteiger partial charge is 0.343 e. The monoisotopic (exact) mass is 682 g/mol. The van der Waals surface area contributed by atoms with Crippen LogP contribution in [-0.2, 0) is 9.59 Å². The normalized spacial score (nSPS) is 10.7. The lowest BCUT2D eigenvalue weighted by Crippen LogP contribution is -2.22. The van der Waals surface area contributed by atoms with Crippen LogP contribution < -0.4 is 39.3 Å². The highest BCUT2D eigenvalue weighted by Gasteiger charge is 2.15. The number of ether oxygens (including phenoxy) is 6. The number of esters is 2. The Kier molecular flexibility index (Phi) is 13.0. The molecule has 2 N–H and O–H groups in total. The molecule has 0 atom stereocenters. The van der Waals surface area contributed by atoms with E-state index in [0.717, 1.165) is 0 Å². The van der Waals surface area contributed by atoms with E-state index in [2.05, 4.69) is 21.1 Å². The van der Waals surface area contributed by atoms with Crippen LogP contribution in [0.5, 0.6) is 34.5 Å². The molecule has 2 amide bonds. The predicted octanol–water partition coefficient (Wildman–Crippen LogP) is 4.54. The second-order valence-electron chi connectivity index (χ2n) is 10.1. The number of benzene rings is 4. The lowest BCUT2D eigenvalue weighted by atomic mass is 10.2. The number of rotatable bonds is 15. The van der Waals surface area contributed by atoms with Crippen LogP contribution in [0, 0.1) is 0 Å². The maximum Gasteiger partial charge on any atom is 0.343 e. The highest BCUT2D eigenvalue weighted by Crippen LogP contribution is 2.30. The molecule has 0 aliphatic carbocycles. The minimum atomic E-state index is -0.574. The van der Waals surface area contributed by atoms with Crippen molar-refractivity contribution in [1.29, 1.82) is 0 Å². The van der Waals surface area contributed by atoms with Crippen molar-refractivity contribution in [1.82, 2.24) is 10.9 Å². The molecule has 0 saturated heterocycles. The molecule has 4 aromatic carbocycles. The van der Waals surface area contributed by atoms with Crippen LogP contribution in [0.2, 0.25) is 0 Å². The maximum atomic E-state index is 12.5. The van der Waals surface area contributed by atoms with Crippen LogP contribution in [-0.4, -0.2) is 64.6 Å². The van der Waals surface area contributed by atoms with Crippen LogP contribution in [0.3, 0.4) is 0 Å². The molecule has 0 spiro atoms. The molecule has 0 heterocycles. The summed E-state index contributed by atoms with van der Waals surface area (Å²) in [5, 5.41) is 7.81. The summed E-state index contributed by atoms with van der Waals surface area (Å²) in [5.74, 6) is 0.0318. The molecule has 0 bridgehead atoms. The number of hydrogen-bond acceptors (Lipinski definition) is 12. The maximum absolute atomic E-state index is 12.5. The summed E-state index contributed by atoms with van der Waals surface area (Å²) in [6.07, 6.45) is 2.45. The van der Waals surface area contributed by atoms with Gasteiger partial charge in [-0.05, 0) is 96.1 Å². The predicted molar refractivity (Wildman–Crippen MR) is 183 cm³/mol. The zero-order valence-corrected chi connectivity index (χ0v) is 27.6. The quantitative estimate of drug-likeness (QED) is 0.0785. The second-order valence-corrected chi connectivity index (χ2v) is 10.1. The summed E-state index contributed by atoms with van der Waals surface area (Å²) >= 11 is 0. The third kappa shape index (κ3) is 10.4. The summed E-state index contributed by atoms with van der Waals surface area (Å²) in [5.41, 5.74) is 6.48. The van der Waals surface area contributed by atoms with Crippen LogP contribution in [0.25, 0.3) is 0 Å². The van der Waals surface area contributed by atoms with Gasteiger partial charge in [0, 0.05) is 12.8 Å². The van der Waals surface area contributed by atoms with E-state index >= 15 is 0 Å². The molecular weight excluding hydrogens is 648 g/mol. The lowest BCUT2D eigenvalue weighted by molar-refractivity contribution is -0.126. The van der Waals surface area contributed by atoms with Crippen LogP contribution in [0.1, 0.15) is 44.7 Å². The van der Waals surface area contributed by atoms with E-state index in [0.29, 0.717) is 33.8 Å². The van der Waals surface area contributed by atoms with E-state index in [9.17, 15) is 19.2 Å². The van der Waals surface area contributed by atoms with E-state index in [1.54, 1.807) is 72.8 Å². The Morgan fingerprint density at radius 2 is 0.900 bits per heavy atom. The molecule has 0 aromatic heterocycles. The largest absolute Gasteiger partial charge is 0.497 e. The van der Waals surface area contributed by atoms with Gasteiger partial charge in [-0.3, -0.25) is 9.59 Å². The fourth-order valence-electron chi connectivity index (χ4n) is 4.17. The zero-order chi connectivity index (χ0) is 35.9. The first-order valence-electron chi connectivity index (χ1n) is 14.9. The van der Waals surface area contributed by atoms with Crippen LogP contribution in [0.15, 0.2) is 95.1 Å². The van der Waals surface area contributed by atoms with E-state index in [-0.39, 0.29) is 35.8 Å². The minimum Gasteiger partial charge on any atom is -0.497 e. The number of methoxy groups -OCH3 is 4. The van der Waals surface area contributed by atoms with E-state index in [4.69, 9.17) is 28.4 Å². The van der Waals surface area contributed by atoms with Crippen molar-refractivity contribution in [3.05, 3.63) is 107 Å². The minimum absolute atomic E-state index is 0.148. The Hall–Kier alpha value is -6.70. The van der Waals surface area contributed by atoms with Gasteiger partial charge >= 0.3 is 11.9 Å². The van der Waals surface area contributed by atoms with Gasteiger partial charge in [-0.15, -0.1) is 0 Å². The number of nitrogens with one attached hydrogen (secondary N) is 2. The number of amides is 2. The molecule has 14 heteroatoms. The summed E-state index contributed by atoms with van der Waals surface area (Å²) < 4.78 is 31.8. The van der Waals surface area contributed by atoms with Crippen molar-refractivity contribution in [3.8, 4) is 34.5 Å². The third-order valence-corrected chi connectivity index (χ3v) is 6.82. The standard InChI is InChI=1S/C36H34N4O10/c1-45-27-11-7-25(8-12-27)35(43)49-29-15-5-23(19-31(29)47-3)21-37-39-33(41)17-18-34(42)40-38-22-24-6-16-30(32(20-24)48-4)50-36(44)26-9-13-28(46-2)14-10-26/h5-16,19-22H,17-18H2,1-4H3,(H,39,41)(H,40,42)/b37-21-,38-22-. The Morgan fingerprint density at radius 1 is 0.520 bits per heavy atom. The first-order valence-corrected chi connectivity index (χ1v) is 14.9. The lowest BCUT2D eigenvalue weighted by Gasteiger charge is -2.10. The van der Waals surface area contributed by atoms with Gasteiger partial charge in [0.1, 0.15) is 11.5 Å². The number of hydrazone groups is 2. The van der Waals surface area contributed by atoms with Crippen molar-refractivity contribution in [2.75, 3.05) is 28.4 Å². The molecule has 0 fully saturated rings. The van der Waals surface area contributed by atoms with Gasteiger partial charge in [0.05, 0.1) is 52.0 Å². The van der Waals surface area contributed by atoms with E-state index < -0.39 is 23.8 Å². The average Bonchev–Trinajstić information content (AvgIpc) is 3.14. The summed E-state index contributed by atoms with van der Waals surface area (Å²) in [7, 11) is 5.91. The molecule has 4 rings (SSSR count). The summed E-state index contributed by atoms with van der Waals surface area (Å²) in [4.78, 5) is 49.5. The molecule has 0 unspecified atom stereocenters. The zero-order valence-electron chi connectivity index (χ0n) is 27.6. The second kappa shape index (κ2) is 18.0. The molecule has 0 saturated carbocycles. The van der Waals surface area contributed by atoms with E-state index in [1.165, 1.54) is 53.0 Å². The Morgan fingerprint density at radius 3 is 1.24 bits per heavy atom. The Bertz CT molecular complexity index is 1740. The van der Waals surface area contributed by atoms with E-state index in [1.807, 2.05) is 0 Å². The SMILES string of the molecule is COc1ccc(C(=O)Oc2ccc(/C=N\NC(=O)CCC(=O)N/N=C\c3ccc(OC(=O)c4ccc(OC)cc4)c(OC)c3)cc2OC)cc1. The number of hydrogen-bond donors (Lipinski definition) is 2. The van der Waals surface area contributed by atoms with Gasteiger partial charge in [0.25, 0.3) is 0 Å². The van der Waals surface area contributed by atoms with Gasteiger partial charge in [-0.25, -0.2) is 20.4 Å². The molecule has 0 radical (unpaired) electrons. The van der Waals surface area contributed by atoms with Crippen molar-refractivity contribution in [3.63, 3.8) is 0 Å². The molecule has 4 aromatic rings. The van der Waals surface area contributed by atoms with Gasteiger partial charge in [0.15, 0.2) is 23.0 Å². The number of carbonyl (C=O) groups is 4. The molecule has 258 valence electrons. The molecule has 0 aliphatic rings. The molecule has 0 aliphatic heterocycles. The van der Waals surface area contributed by atoms with Gasteiger partial charge in [0.2, 0.25) is 11.8 Å². The molecular formula is C36H34N4O10. The van der Waals surface area contributed by atoms with Crippen molar-refractivity contribution < 1.29 is 47.6 Å². The summed E-state index contributed by atoms with van der Waals surface area (Å²) in [6.45, 7) is 0. The van der Waals surface area contributed by atoms with Crippen molar-refractivity contribution >= 4 is 36.2 Å². The highest BCUT2D eigenvalue weighted by atomic mass is 16.6.